The molecule has 1 aromatic carbocycles. The molecule has 1 unspecified atom stereocenters. The second-order valence-electron chi connectivity index (χ2n) is 11.0. The third kappa shape index (κ3) is 6.81. The van der Waals surface area contributed by atoms with Crippen LogP contribution in [0.5, 0.6) is 0 Å². The zero-order valence-corrected chi connectivity index (χ0v) is 22.6. The lowest BCUT2D eigenvalue weighted by Crippen LogP contribution is -2.53. The van der Waals surface area contributed by atoms with Crippen molar-refractivity contribution in [1.29, 1.82) is 5.26 Å². The molecular formula is C27H34BF2N5O5. The fraction of sp³-hybridized carbons (Fsp3) is 0.519. The third-order valence-electron chi connectivity index (χ3n) is 7.65. The number of benzene rings is 1. The van der Waals surface area contributed by atoms with Crippen molar-refractivity contribution in [1.82, 2.24) is 20.4 Å². The standard InChI is InChI=1S/C27H34BF2N5O5/c1-26(2,34-11-9-27(29,30)17-34)13-19(14-31)24(36)35-10-5-6-20(35)15-32-25(37)33-23(28(38)39)12-18-16-40-22-8-4-3-7-21(18)22/h3-4,7-8,13,16,20,23,38-39H,5-6,9-12,15,17H2,1-2H3,(H2,32,33,37)/t20-,23?/m1/s1. The molecule has 2 aromatic rings. The Morgan fingerprint density at radius 1 is 1.32 bits per heavy atom. The summed E-state index contributed by atoms with van der Waals surface area (Å²) < 4.78 is 33.0. The molecule has 2 aliphatic heterocycles. The number of fused-ring (bicyclic) bond motifs is 1. The molecule has 2 atom stereocenters. The fourth-order valence-electron chi connectivity index (χ4n) is 5.37. The van der Waals surface area contributed by atoms with Crippen molar-refractivity contribution >= 4 is 30.0 Å². The summed E-state index contributed by atoms with van der Waals surface area (Å²) in [6, 6.07) is 8.19. The molecule has 0 bridgehead atoms. The number of alkyl halides is 2. The minimum absolute atomic E-state index is 0.0842. The molecule has 214 valence electrons. The second-order valence-corrected chi connectivity index (χ2v) is 11.0. The maximum Gasteiger partial charge on any atom is 0.475 e. The summed E-state index contributed by atoms with van der Waals surface area (Å²) in [6.45, 7) is 3.60. The molecule has 1 aromatic heterocycles. The van der Waals surface area contributed by atoms with E-state index in [2.05, 4.69) is 10.6 Å². The number of nitrogens with one attached hydrogen (secondary N) is 2. The van der Waals surface area contributed by atoms with Crippen LogP contribution in [0.4, 0.5) is 13.6 Å². The number of hydrogen-bond donors (Lipinski definition) is 4. The quantitative estimate of drug-likeness (QED) is 0.211. The van der Waals surface area contributed by atoms with Crippen molar-refractivity contribution in [2.24, 2.45) is 0 Å². The highest BCUT2D eigenvalue weighted by molar-refractivity contribution is 6.43. The largest absolute Gasteiger partial charge is 0.475 e. The monoisotopic (exact) mass is 557 g/mol. The average molecular weight is 557 g/mol. The number of furan rings is 1. The van der Waals surface area contributed by atoms with Gasteiger partial charge in [0.2, 0.25) is 0 Å². The Morgan fingerprint density at radius 2 is 2.08 bits per heavy atom. The zero-order valence-electron chi connectivity index (χ0n) is 22.6. The van der Waals surface area contributed by atoms with Gasteiger partial charge in [-0.3, -0.25) is 9.69 Å². The maximum absolute atomic E-state index is 13.8. The van der Waals surface area contributed by atoms with Gasteiger partial charge in [0.05, 0.1) is 18.7 Å². The van der Waals surface area contributed by atoms with Gasteiger partial charge in [-0.05, 0) is 50.8 Å². The molecule has 2 aliphatic rings. The van der Waals surface area contributed by atoms with Gasteiger partial charge in [0.15, 0.2) is 0 Å². The van der Waals surface area contributed by atoms with Gasteiger partial charge in [0.25, 0.3) is 11.8 Å². The molecule has 4 rings (SSSR count). The molecule has 0 spiro atoms. The Labute approximate surface area is 231 Å². The number of nitrogens with zero attached hydrogens (tertiary/aromatic N) is 3. The molecule has 2 fully saturated rings. The van der Waals surface area contributed by atoms with Gasteiger partial charge >= 0.3 is 13.1 Å². The van der Waals surface area contributed by atoms with Crippen LogP contribution in [0.15, 0.2) is 46.6 Å². The van der Waals surface area contributed by atoms with Crippen molar-refractivity contribution < 1.29 is 32.8 Å². The van der Waals surface area contributed by atoms with E-state index in [-0.39, 0.29) is 37.5 Å². The van der Waals surface area contributed by atoms with E-state index in [1.165, 1.54) is 17.2 Å². The first-order chi connectivity index (χ1) is 18.9. The average Bonchev–Trinajstić information content (AvgIpc) is 3.64. The van der Waals surface area contributed by atoms with Crippen LogP contribution >= 0.6 is 0 Å². The number of rotatable bonds is 9. The van der Waals surface area contributed by atoms with E-state index in [4.69, 9.17) is 4.42 Å². The van der Waals surface area contributed by atoms with E-state index in [9.17, 15) is 33.7 Å². The van der Waals surface area contributed by atoms with Crippen LogP contribution < -0.4 is 10.6 Å². The first-order valence-corrected chi connectivity index (χ1v) is 13.3. The smallest absolute Gasteiger partial charge is 0.464 e. The number of para-hydroxylation sites is 1. The minimum atomic E-state index is -2.80. The van der Waals surface area contributed by atoms with Gasteiger partial charge in [0.1, 0.15) is 17.2 Å². The lowest BCUT2D eigenvalue weighted by atomic mass is 9.76. The molecule has 10 nitrogen and oxygen atoms in total. The predicted molar refractivity (Wildman–Crippen MR) is 144 cm³/mol. The van der Waals surface area contributed by atoms with Gasteiger partial charge in [-0.25, -0.2) is 13.6 Å². The molecule has 0 radical (unpaired) electrons. The van der Waals surface area contributed by atoms with Crippen LogP contribution in [0, 0.1) is 11.3 Å². The van der Waals surface area contributed by atoms with Crippen LogP contribution in [-0.2, 0) is 11.2 Å². The number of amides is 3. The summed E-state index contributed by atoms with van der Waals surface area (Å²) in [5.74, 6) is -4.33. The van der Waals surface area contributed by atoms with Gasteiger partial charge in [-0.15, -0.1) is 0 Å². The van der Waals surface area contributed by atoms with Crippen LogP contribution in [-0.4, -0.2) is 88.5 Å². The summed E-state index contributed by atoms with van der Waals surface area (Å²) in [5.41, 5.74) is 0.297. The topological polar surface area (TPSA) is 142 Å². The number of carbonyl (C=O) groups is 2. The number of halogens is 2. The lowest BCUT2D eigenvalue weighted by Gasteiger charge is -2.33. The molecule has 4 N–H and O–H groups in total. The van der Waals surface area contributed by atoms with Crippen molar-refractivity contribution in [2.45, 2.75) is 63.0 Å². The molecular weight excluding hydrogens is 523 g/mol. The number of carbonyl (C=O) groups excluding carboxylic acids is 2. The predicted octanol–water partition coefficient (Wildman–Crippen LogP) is 2.22. The Kier molecular flexibility index (Phi) is 8.82. The number of hydrogen-bond acceptors (Lipinski definition) is 7. The third-order valence-corrected chi connectivity index (χ3v) is 7.65. The first-order valence-electron chi connectivity index (χ1n) is 13.3. The highest BCUT2D eigenvalue weighted by atomic mass is 19.3. The summed E-state index contributed by atoms with van der Waals surface area (Å²) in [5, 5.41) is 35.5. The Balaban J connectivity index is 1.35. The molecule has 40 heavy (non-hydrogen) atoms. The summed E-state index contributed by atoms with van der Waals surface area (Å²) in [4.78, 5) is 29.0. The Hall–Kier alpha value is -3.47. The van der Waals surface area contributed by atoms with Crippen LogP contribution in [0.2, 0.25) is 0 Å². The van der Waals surface area contributed by atoms with Crippen molar-refractivity contribution in [3.8, 4) is 6.07 Å². The normalized spacial score (nSPS) is 20.4. The lowest BCUT2D eigenvalue weighted by molar-refractivity contribution is -0.127. The summed E-state index contributed by atoms with van der Waals surface area (Å²) >= 11 is 0. The van der Waals surface area contributed by atoms with Gasteiger partial charge in [-0.2, -0.15) is 5.26 Å². The molecule has 13 heteroatoms. The molecule has 2 saturated heterocycles. The van der Waals surface area contributed by atoms with Gasteiger partial charge < -0.3 is 30.0 Å². The van der Waals surface area contributed by atoms with Gasteiger partial charge in [0, 0.05) is 43.0 Å². The van der Waals surface area contributed by atoms with Crippen molar-refractivity contribution in [3.63, 3.8) is 0 Å². The van der Waals surface area contributed by atoms with Crippen LogP contribution in [0.3, 0.4) is 0 Å². The van der Waals surface area contributed by atoms with Crippen molar-refractivity contribution in [3.05, 3.63) is 47.7 Å². The number of nitriles is 1. The summed E-state index contributed by atoms with van der Waals surface area (Å²) in [6.07, 6.45) is 4.07. The number of urea groups is 1. The Morgan fingerprint density at radius 3 is 2.75 bits per heavy atom. The summed E-state index contributed by atoms with van der Waals surface area (Å²) in [7, 11) is -1.83. The highest BCUT2D eigenvalue weighted by Gasteiger charge is 2.43. The SMILES string of the molecule is CC(C)(C=C(C#N)C(=O)N1CCC[C@@H]1CNC(=O)NC(Cc1coc2ccccc12)B(O)O)N1CCC(F)(F)C1. The highest BCUT2D eigenvalue weighted by Crippen LogP contribution is 2.33. The van der Waals surface area contributed by atoms with E-state index >= 15 is 0 Å². The zero-order chi connectivity index (χ0) is 29.1. The van der Waals surface area contributed by atoms with Crippen LogP contribution in [0.25, 0.3) is 11.0 Å². The minimum Gasteiger partial charge on any atom is -0.464 e. The van der Waals surface area contributed by atoms with E-state index in [0.717, 1.165) is 5.39 Å². The Bertz CT molecular complexity index is 1310. The number of likely N-dealkylation sites (tertiary alicyclic amines) is 2. The fourth-order valence-corrected chi connectivity index (χ4v) is 5.37. The van der Waals surface area contributed by atoms with E-state index in [1.54, 1.807) is 24.8 Å². The van der Waals surface area contributed by atoms with E-state index in [1.807, 2.05) is 24.3 Å². The molecule has 0 aliphatic carbocycles. The van der Waals surface area contributed by atoms with Gasteiger partial charge in [-0.1, -0.05) is 18.2 Å². The van der Waals surface area contributed by atoms with Crippen molar-refractivity contribution in [2.75, 3.05) is 26.2 Å². The first kappa shape index (κ1) is 29.5. The van der Waals surface area contributed by atoms with Crippen LogP contribution in [0.1, 0.15) is 38.7 Å². The van der Waals surface area contributed by atoms with E-state index < -0.39 is 43.0 Å². The second kappa shape index (κ2) is 12.0. The molecule has 3 amide bonds. The maximum atomic E-state index is 13.8. The van der Waals surface area contributed by atoms with E-state index in [0.29, 0.717) is 30.5 Å². The molecule has 0 saturated carbocycles. The molecule has 3 heterocycles.